The number of nitrogens with one attached hydrogen (secondary N) is 1. The zero-order valence-electron chi connectivity index (χ0n) is 45.0. The monoisotopic (exact) mass is 967 g/mol. The minimum absolute atomic E-state index is 0.0663. The Balaban J connectivity index is 1.13. The standard InChI is InChI=1S/C69H67BN2S/c1-38-17-21-41(22-18-38)71-57-36-51-45(46-33-52-54(35-50(46)69(51,11)12)67(7,8)27-25-65(52,3)4)32-47(57)48-31-44(40-20-23-43-42-15-13-14-16-60(42)73-61(43)30-40)62-49-34-53-55(68(9,10)28-26-66(53,5)6)37-59(49)72-58-24-19-39(2)29-56(58)70-63(48)64(62)72/h13-24,29-37,70-71H,25-28H2,1-12H3. The SMILES string of the molecule is Cc1ccc(Nc2cc3c(cc2-c2cc(-c4ccc5c(c4)sc4ccccc45)c4c5cc6c(cc5n5c4c2Bc2cc(C)ccc2-5)C(C)(C)CCC6(C)C)-c2cc4c(cc2C3(C)C)C(C)(C)CCC4(C)C)cc1. The number of aromatic nitrogens is 1. The molecule has 14 rings (SSSR count). The van der Waals surface area contributed by atoms with Gasteiger partial charge in [-0.15, -0.1) is 11.3 Å². The molecule has 3 heterocycles. The van der Waals surface area contributed by atoms with Crippen molar-refractivity contribution in [2.75, 3.05) is 5.32 Å². The average molecular weight is 967 g/mol. The molecule has 0 spiro atoms. The summed E-state index contributed by atoms with van der Waals surface area (Å²) in [7, 11) is 0.853. The van der Waals surface area contributed by atoms with Crippen LogP contribution >= 0.6 is 11.3 Å². The van der Waals surface area contributed by atoms with Crippen LogP contribution in [0.4, 0.5) is 11.4 Å². The smallest absolute Gasteiger partial charge is 0.198 e. The third kappa shape index (κ3) is 6.48. The molecule has 2 nitrogen and oxygen atoms in total. The van der Waals surface area contributed by atoms with E-state index in [1.54, 1.807) is 0 Å². The molecule has 10 aromatic rings. The topological polar surface area (TPSA) is 17.0 Å². The van der Waals surface area contributed by atoms with E-state index >= 15 is 0 Å². The molecule has 4 heteroatoms. The van der Waals surface area contributed by atoms with Crippen LogP contribution in [0.15, 0.2) is 127 Å². The molecular weight excluding hydrogens is 900 g/mol. The lowest BCUT2D eigenvalue weighted by atomic mass is 9.58. The normalized spacial score (nSPS) is 18.0. The van der Waals surface area contributed by atoms with Gasteiger partial charge in [-0.25, -0.2) is 0 Å². The molecular formula is C69H67BN2S. The molecule has 3 aliphatic carbocycles. The van der Waals surface area contributed by atoms with Crippen LogP contribution in [0.2, 0.25) is 0 Å². The van der Waals surface area contributed by atoms with Crippen molar-refractivity contribution in [1.82, 2.24) is 4.57 Å². The van der Waals surface area contributed by atoms with Gasteiger partial charge in [0.2, 0.25) is 0 Å². The number of rotatable bonds is 4. The Labute approximate surface area is 437 Å². The van der Waals surface area contributed by atoms with Crippen molar-refractivity contribution in [1.29, 1.82) is 0 Å². The first-order valence-corrected chi connectivity index (χ1v) is 27.9. The summed E-state index contributed by atoms with van der Waals surface area (Å²) in [5.74, 6) is 0. The summed E-state index contributed by atoms with van der Waals surface area (Å²) in [6.45, 7) is 29.2. The lowest BCUT2D eigenvalue weighted by Gasteiger charge is -2.42. The Morgan fingerprint density at radius 1 is 0.479 bits per heavy atom. The van der Waals surface area contributed by atoms with Gasteiger partial charge in [0.05, 0.1) is 5.52 Å². The van der Waals surface area contributed by atoms with E-state index in [2.05, 4.69) is 220 Å². The fourth-order valence-corrected chi connectivity index (χ4v) is 15.5. The molecule has 362 valence electrons. The van der Waals surface area contributed by atoms with Crippen molar-refractivity contribution in [3.05, 3.63) is 172 Å². The zero-order chi connectivity index (χ0) is 50.5. The summed E-state index contributed by atoms with van der Waals surface area (Å²) in [5, 5.41) is 9.52. The Hall–Kier alpha value is -6.36. The molecule has 0 amide bonds. The Bertz CT molecular complexity index is 4070. The van der Waals surface area contributed by atoms with Crippen molar-refractivity contribution in [2.45, 2.75) is 136 Å². The zero-order valence-corrected chi connectivity index (χ0v) is 45.8. The molecule has 0 radical (unpaired) electrons. The molecule has 0 saturated carbocycles. The Morgan fingerprint density at radius 2 is 1.08 bits per heavy atom. The lowest BCUT2D eigenvalue weighted by Crippen LogP contribution is -2.37. The van der Waals surface area contributed by atoms with Gasteiger partial charge in [-0.05, 0) is 195 Å². The van der Waals surface area contributed by atoms with Gasteiger partial charge in [0.15, 0.2) is 7.28 Å². The molecule has 0 unspecified atom stereocenters. The van der Waals surface area contributed by atoms with Crippen LogP contribution in [0.5, 0.6) is 0 Å². The summed E-state index contributed by atoms with van der Waals surface area (Å²) in [6.07, 6.45) is 4.75. The van der Waals surface area contributed by atoms with Crippen LogP contribution in [-0.4, -0.2) is 11.8 Å². The first kappa shape index (κ1) is 45.3. The molecule has 0 saturated heterocycles. The van der Waals surface area contributed by atoms with E-state index in [-0.39, 0.29) is 27.1 Å². The van der Waals surface area contributed by atoms with Crippen LogP contribution in [0.25, 0.3) is 81.0 Å². The van der Waals surface area contributed by atoms with E-state index in [0.29, 0.717) is 0 Å². The van der Waals surface area contributed by atoms with Gasteiger partial charge in [0.1, 0.15) is 0 Å². The molecule has 0 fully saturated rings. The van der Waals surface area contributed by atoms with Crippen LogP contribution in [-0.2, 0) is 27.1 Å². The highest BCUT2D eigenvalue weighted by atomic mass is 32.1. The van der Waals surface area contributed by atoms with Gasteiger partial charge in [-0.1, -0.05) is 146 Å². The summed E-state index contributed by atoms with van der Waals surface area (Å²) in [4.78, 5) is 0. The van der Waals surface area contributed by atoms with Gasteiger partial charge in [-0.2, -0.15) is 0 Å². The fourth-order valence-electron chi connectivity index (χ4n) is 14.3. The van der Waals surface area contributed by atoms with Crippen LogP contribution < -0.4 is 16.2 Å². The van der Waals surface area contributed by atoms with Gasteiger partial charge >= 0.3 is 0 Å². The van der Waals surface area contributed by atoms with Gasteiger partial charge in [0, 0.05) is 64.5 Å². The molecule has 4 aliphatic rings. The maximum absolute atomic E-state index is 4.11. The second-order valence-electron chi connectivity index (χ2n) is 26.1. The number of hydrogen-bond donors (Lipinski definition) is 1. The highest BCUT2D eigenvalue weighted by Gasteiger charge is 2.44. The number of fused-ring (bicyclic) bond motifs is 13. The fraction of sp³-hybridized carbons (Fsp3) is 0.304. The van der Waals surface area contributed by atoms with Gasteiger partial charge in [-0.3, -0.25) is 0 Å². The van der Waals surface area contributed by atoms with Gasteiger partial charge in [0.25, 0.3) is 0 Å². The summed E-state index contributed by atoms with van der Waals surface area (Å²) >= 11 is 1.92. The van der Waals surface area contributed by atoms with E-state index in [4.69, 9.17) is 0 Å². The first-order chi connectivity index (χ1) is 34.7. The molecule has 1 aliphatic heterocycles. The van der Waals surface area contributed by atoms with Crippen molar-refractivity contribution in [2.24, 2.45) is 0 Å². The molecule has 2 aromatic heterocycles. The van der Waals surface area contributed by atoms with E-state index in [0.717, 1.165) is 18.7 Å². The Kier molecular flexibility index (Phi) is 9.25. The lowest BCUT2D eigenvalue weighted by molar-refractivity contribution is 0.331. The van der Waals surface area contributed by atoms with Crippen molar-refractivity contribution in [3.8, 4) is 39.1 Å². The molecule has 73 heavy (non-hydrogen) atoms. The third-order valence-corrected chi connectivity index (χ3v) is 20.2. The highest BCUT2D eigenvalue weighted by molar-refractivity contribution is 7.25. The number of aryl methyl sites for hydroxylation is 2. The molecule has 0 atom stereocenters. The number of thiophene rings is 1. The van der Waals surface area contributed by atoms with Gasteiger partial charge < -0.3 is 9.88 Å². The van der Waals surface area contributed by atoms with Crippen LogP contribution in [0, 0.1) is 13.8 Å². The minimum atomic E-state index is -0.188. The average Bonchev–Trinajstić information content (AvgIpc) is 3.97. The molecule has 1 N–H and O–H groups in total. The maximum Gasteiger partial charge on any atom is 0.198 e. The number of hydrogen-bond acceptors (Lipinski definition) is 2. The Morgan fingerprint density at radius 3 is 1.81 bits per heavy atom. The predicted octanol–water partition coefficient (Wildman–Crippen LogP) is 17.6. The van der Waals surface area contributed by atoms with Crippen LogP contribution in [0.1, 0.15) is 139 Å². The van der Waals surface area contributed by atoms with E-state index in [9.17, 15) is 0 Å². The first-order valence-electron chi connectivity index (χ1n) is 27.1. The second-order valence-corrected chi connectivity index (χ2v) is 27.2. The van der Waals surface area contributed by atoms with Crippen molar-refractivity contribution >= 4 is 82.9 Å². The van der Waals surface area contributed by atoms with Crippen molar-refractivity contribution in [3.63, 3.8) is 0 Å². The molecule has 0 bridgehead atoms. The second kappa shape index (κ2) is 14.9. The number of benzene rings is 8. The largest absolute Gasteiger partial charge is 0.355 e. The third-order valence-electron chi connectivity index (χ3n) is 19.0. The maximum atomic E-state index is 4.11. The van der Waals surface area contributed by atoms with E-state index in [1.807, 2.05) is 11.3 Å². The molecule has 8 aromatic carbocycles. The number of nitrogens with zero attached hydrogens (tertiary/aromatic N) is 1. The quantitative estimate of drug-likeness (QED) is 0.174. The van der Waals surface area contributed by atoms with E-state index in [1.165, 1.54) is 162 Å². The minimum Gasteiger partial charge on any atom is -0.355 e. The summed E-state index contributed by atoms with van der Waals surface area (Å²) < 4.78 is 5.38. The summed E-state index contributed by atoms with van der Waals surface area (Å²) in [6, 6.07) is 50.8. The van der Waals surface area contributed by atoms with Crippen LogP contribution in [0.3, 0.4) is 0 Å². The summed E-state index contributed by atoms with van der Waals surface area (Å²) in [5.41, 5.74) is 28.6. The highest BCUT2D eigenvalue weighted by Crippen LogP contribution is 2.57. The van der Waals surface area contributed by atoms with E-state index < -0.39 is 0 Å². The van der Waals surface area contributed by atoms with Crippen molar-refractivity contribution < 1.29 is 0 Å². The predicted molar refractivity (Wildman–Crippen MR) is 318 cm³/mol. The number of anilines is 2.